The Morgan fingerprint density at radius 1 is 1.28 bits per heavy atom. The Bertz CT molecular complexity index is 1040. The number of H-pyrrole nitrogens is 1. The smallest absolute Gasteiger partial charge is 0.258 e. The van der Waals surface area contributed by atoms with Crippen LogP contribution in [0.4, 0.5) is 5.69 Å². The Morgan fingerprint density at radius 2 is 2.04 bits per heavy atom. The fraction of sp³-hybridized carbons (Fsp3) is 0. The van der Waals surface area contributed by atoms with E-state index >= 15 is 0 Å². The number of aromatic nitrogens is 3. The van der Waals surface area contributed by atoms with Crippen molar-refractivity contribution in [2.24, 2.45) is 5.10 Å². The molecule has 2 aromatic carbocycles. The van der Waals surface area contributed by atoms with E-state index in [9.17, 15) is 10.1 Å². The molecule has 126 valence electrons. The lowest BCUT2D eigenvalue weighted by Gasteiger charge is -2.04. The zero-order valence-corrected chi connectivity index (χ0v) is 14.7. The fourth-order valence-corrected chi connectivity index (χ4v) is 2.80. The van der Waals surface area contributed by atoms with Crippen molar-refractivity contribution >= 4 is 47.3 Å². The van der Waals surface area contributed by atoms with Gasteiger partial charge in [0.1, 0.15) is 0 Å². The van der Waals surface area contributed by atoms with Crippen LogP contribution in [0.5, 0.6) is 0 Å². The highest BCUT2D eigenvalue weighted by Gasteiger charge is 2.14. The van der Waals surface area contributed by atoms with Gasteiger partial charge in [0.15, 0.2) is 5.82 Å². The summed E-state index contributed by atoms with van der Waals surface area (Å²) < 4.78 is 1.55. The first-order valence-corrected chi connectivity index (χ1v) is 8.04. The van der Waals surface area contributed by atoms with Crippen LogP contribution in [0.15, 0.2) is 47.6 Å². The normalized spacial score (nSPS) is 11.1. The minimum Gasteiger partial charge on any atom is -0.258 e. The molecule has 0 amide bonds. The summed E-state index contributed by atoms with van der Waals surface area (Å²) >= 11 is 17.3. The highest BCUT2D eigenvalue weighted by Crippen LogP contribution is 2.29. The molecule has 0 saturated carbocycles. The quantitative estimate of drug-likeness (QED) is 0.301. The second-order valence-electron chi connectivity index (χ2n) is 4.85. The highest BCUT2D eigenvalue weighted by atomic mass is 35.5. The van der Waals surface area contributed by atoms with E-state index in [1.54, 1.807) is 36.4 Å². The van der Waals surface area contributed by atoms with E-state index in [-0.39, 0.29) is 10.5 Å². The van der Waals surface area contributed by atoms with Crippen LogP contribution >= 0.6 is 35.4 Å². The molecular weight excluding hydrogens is 385 g/mol. The number of rotatable bonds is 4. The SMILES string of the molecule is O=[N+]([O-])c1ccccc1/C=N/n1c(-c2ccc(Cl)cc2Cl)n[nH]c1=S. The third kappa shape index (κ3) is 3.60. The number of benzene rings is 2. The van der Waals surface area contributed by atoms with Gasteiger partial charge in [0.2, 0.25) is 4.77 Å². The molecule has 0 bridgehead atoms. The number of aromatic amines is 1. The summed E-state index contributed by atoms with van der Waals surface area (Å²) in [5.41, 5.74) is 0.842. The molecule has 0 atom stereocenters. The van der Waals surface area contributed by atoms with E-state index in [4.69, 9.17) is 35.4 Å². The van der Waals surface area contributed by atoms with Crippen molar-refractivity contribution in [1.29, 1.82) is 0 Å². The highest BCUT2D eigenvalue weighted by molar-refractivity contribution is 7.71. The van der Waals surface area contributed by atoms with Gasteiger partial charge >= 0.3 is 0 Å². The maximum Gasteiger partial charge on any atom is 0.278 e. The van der Waals surface area contributed by atoms with Crippen molar-refractivity contribution in [2.75, 3.05) is 0 Å². The van der Waals surface area contributed by atoms with Crippen LogP contribution in [-0.2, 0) is 0 Å². The average Bonchev–Trinajstić information content (AvgIpc) is 2.94. The van der Waals surface area contributed by atoms with Crippen LogP contribution in [0.2, 0.25) is 10.0 Å². The molecular formula is C15H9Cl2N5O2S. The second kappa shape index (κ2) is 7.14. The lowest BCUT2D eigenvalue weighted by atomic mass is 10.2. The van der Waals surface area contributed by atoms with E-state index in [2.05, 4.69) is 15.3 Å². The van der Waals surface area contributed by atoms with Gasteiger partial charge in [-0.25, -0.2) is 5.10 Å². The lowest BCUT2D eigenvalue weighted by molar-refractivity contribution is -0.385. The van der Waals surface area contributed by atoms with E-state index in [1.165, 1.54) is 17.0 Å². The molecule has 3 rings (SSSR count). The van der Waals surface area contributed by atoms with Gasteiger partial charge in [-0.15, -0.1) is 0 Å². The minimum atomic E-state index is -0.479. The molecule has 0 unspecified atom stereocenters. The first-order chi connectivity index (χ1) is 12.0. The Balaban J connectivity index is 2.07. The molecule has 0 radical (unpaired) electrons. The molecule has 0 saturated heterocycles. The summed E-state index contributed by atoms with van der Waals surface area (Å²) in [5, 5.41) is 22.9. The molecule has 0 aliphatic heterocycles. The van der Waals surface area contributed by atoms with Gasteiger partial charge in [-0.1, -0.05) is 35.3 Å². The Labute approximate surface area is 156 Å². The van der Waals surface area contributed by atoms with Crippen LogP contribution in [-0.4, -0.2) is 26.0 Å². The average molecular weight is 394 g/mol. The largest absolute Gasteiger partial charge is 0.278 e. The number of nitrogens with zero attached hydrogens (tertiary/aromatic N) is 4. The number of hydrogen-bond donors (Lipinski definition) is 1. The summed E-state index contributed by atoms with van der Waals surface area (Å²) in [7, 11) is 0. The fourth-order valence-electron chi connectivity index (χ4n) is 2.13. The first-order valence-electron chi connectivity index (χ1n) is 6.88. The van der Waals surface area contributed by atoms with Gasteiger partial charge in [0.05, 0.1) is 21.7 Å². The molecule has 25 heavy (non-hydrogen) atoms. The third-order valence-corrected chi connectivity index (χ3v) is 4.08. The zero-order chi connectivity index (χ0) is 18.0. The molecule has 1 heterocycles. The standard InChI is InChI=1S/C15H9Cl2N5O2S/c16-10-5-6-11(12(17)7-10)14-19-20-15(25)21(14)18-8-9-3-1-2-4-13(9)22(23)24/h1-8H,(H,20,25)/b18-8+. The number of para-hydroxylation sites is 1. The van der Waals surface area contributed by atoms with Crippen LogP contribution < -0.4 is 0 Å². The number of nitro groups is 1. The van der Waals surface area contributed by atoms with E-state index in [0.717, 1.165) is 0 Å². The Morgan fingerprint density at radius 3 is 2.76 bits per heavy atom. The molecule has 1 N–H and O–H groups in total. The topological polar surface area (TPSA) is 89.1 Å². The Hall–Kier alpha value is -2.55. The van der Waals surface area contributed by atoms with Crippen LogP contribution in [0.1, 0.15) is 5.56 Å². The minimum absolute atomic E-state index is 0.0626. The third-order valence-electron chi connectivity index (χ3n) is 3.27. The molecule has 10 heteroatoms. The molecule has 0 aliphatic rings. The van der Waals surface area contributed by atoms with Crippen molar-refractivity contribution in [2.45, 2.75) is 0 Å². The molecule has 0 fully saturated rings. The van der Waals surface area contributed by atoms with Crippen LogP contribution in [0, 0.1) is 14.9 Å². The van der Waals surface area contributed by atoms with E-state index in [1.807, 2.05) is 0 Å². The molecule has 3 aromatic rings. The van der Waals surface area contributed by atoms with Crippen LogP contribution in [0.25, 0.3) is 11.4 Å². The van der Waals surface area contributed by atoms with Crippen molar-refractivity contribution in [1.82, 2.24) is 14.9 Å². The van der Waals surface area contributed by atoms with E-state index < -0.39 is 4.92 Å². The maximum absolute atomic E-state index is 11.1. The predicted octanol–water partition coefficient (Wildman–Crippen LogP) is 4.70. The maximum atomic E-state index is 11.1. The number of halogens is 2. The van der Waals surface area contributed by atoms with Crippen LogP contribution in [0.3, 0.4) is 0 Å². The summed E-state index contributed by atoms with van der Waals surface area (Å²) in [6.07, 6.45) is 1.34. The van der Waals surface area contributed by atoms with Crippen molar-refractivity contribution in [3.8, 4) is 11.4 Å². The first kappa shape index (κ1) is 17.3. The summed E-state index contributed by atoms with van der Waals surface area (Å²) in [6, 6.07) is 11.2. The number of nitro benzene ring substituents is 1. The monoisotopic (exact) mass is 393 g/mol. The van der Waals surface area contributed by atoms with E-state index in [0.29, 0.717) is 27.0 Å². The predicted molar refractivity (Wildman–Crippen MR) is 99.0 cm³/mol. The van der Waals surface area contributed by atoms with Gasteiger partial charge in [0.25, 0.3) is 5.69 Å². The summed E-state index contributed by atoms with van der Waals surface area (Å²) in [6.45, 7) is 0. The molecule has 1 aromatic heterocycles. The zero-order valence-electron chi connectivity index (χ0n) is 12.4. The van der Waals surface area contributed by atoms with Gasteiger partial charge in [0, 0.05) is 16.7 Å². The molecule has 0 spiro atoms. The van der Waals surface area contributed by atoms with Crippen molar-refractivity contribution < 1.29 is 4.92 Å². The second-order valence-corrected chi connectivity index (χ2v) is 6.08. The lowest BCUT2D eigenvalue weighted by Crippen LogP contribution is -1.98. The molecule has 0 aliphatic carbocycles. The summed E-state index contributed by atoms with van der Waals surface area (Å²) in [4.78, 5) is 10.6. The molecule has 7 nitrogen and oxygen atoms in total. The number of nitrogens with one attached hydrogen (secondary N) is 1. The van der Waals surface area contributed by atoms with Gasteiger partial charge in [-0.3, -0.25) is 10.1 Å². The van der Waals surface area contributed by atoms with Crippen molar-refractivity contribution in [3.05, 3.63) is 73.0 Å². The summed E-state index contributed by atoms with van der Waals surface area (Å²) in [5.74, 6) is 0.363. The van der Waals surface area contributed by atoms with Gasteiger partial charge in [-0.2, -0.15) is 14.9 Å². The Kier molecular flexibility index (Phi) is 4.93. The van der Waals surface area contributed by atoms with Gasteiger partial charge in [-0.05, 0) is 36.5 Å². The van der Waals surface area contributed by atoms with Gasteiger partial charge < -0.3 is 0 Å². The number of hydrogen-bond acceptors (Lipinski definition) is 5. The van der Waals surface area contributed by atoms with Crippen molar-refractivity contribution in [3.63, 3.8) is 0 Å².